The van der Waals surface area contributed by atoms with Gasteiger partial charge in [-0.2, -0.15) is 49.2 Å². The topological polar surface area (TPSA) is 58.9 Å². The first kappa shape index (κ1) is 48.9. The van der Waals surface area contributed by atoms with E-state index in [0.717, 1.165) is 44.3 Å². The Morgan fingerprint density at radius 3 is 1.15 bits per heavy atom. The van der Waals surface area contributed by atoms with Gasteiger partial charge in [0, 0.05) is 0 Å². The van der Waals surface area contributed by atoms with Crippen LogP contribution in [0.4, 0.5) is 0 Å². The summed E-state index contributed by atoms with van der Waals surface area (Å²) in [7, 11) is 0.529. The second kappa shape index (κ2) is 20.9. The van der Waals surface area contributed by atoms with Gasteiger partial charge >= 0.3 is 286 Å². The molecule has 1 aliphatic heterocycles. The zero-order valence-corrected chi connectivity index (χ0v) is 41.5. The van der Waals surface area contributed by atoms with Gasteiger partial charge in [0.25, 0.3) is 0 Å². The molecule has 1 aliphatic carbocycles. The molecule has 6 rings (SSSR count). The van der Waals surface area contributed by atoms with Crippen LogP contribution in [0.3, 0.4) is 0 Å². The SMILES string of the molecule is CC(C)(C)Oc1cc(C(C)(C)C)cc(C[S]2=[Ti]=[S@@](Cc3cc(C(C)(C)C)cc(OC(C)(C)C)c3O)C3CCCCCC[C@@H]32)c1O.[CH2-]c1ccccc1.[CH2-]c1ccccc1. The largest absolute Gasteiger partial charge is 0.199 e. The molecule has 4 atom stereocenters. The first-order chi connectivity index (χ1) is 27.4. The van der Waals surface area contributed by atoms with Crippen LogP contribution < -0.4 is 9.47 Å². The van der Waals surface area contributed by atoms with E-state index >= 15 is 0 Å². The van der Waals surface area contributed by atoms with Crippen molar-refractivity contribution in [2.75, 3.05) is 0 Å². The molecule has 0 amide bonds. The Morgan fingerprint density at radius 1 is 0.542 bits per heavy atom. The minimum atomic E-state index is -0.384. The minimum absolute atomic E-state index is 0.0387. The molecule has 324 valence electrons. The van der Waals surface area contributed by atoms with Crippen LogP contribution in [0, 0.1) is 13.8 Å². The summed E-state index contributed by atoms with van der Waals surface area (Å²) in [5, 5.41) is 24.7. The molecule has 1 heterocycles. The van der Waals surface area contributed by atoms with Crippen molar-refractivity contribution in [1.29, 1.82) is 0 Å². The molecule has 4 nitrogen and oxygen atoms in total. The predicted molar refractivity (Wildman–Crippen MR) is 254 cm³/mol. The third-order valence-corrected chi connectivity index (χ3v) is 26.2. The number of aromatic hydroxyl groups is 2. The number of hydrogen-bond acceptors (Lipinski definition) is 4. The quantitative estimate of drug-likeness (QED) is 0.150. The van der Waals surface area contributed by atoms with E-state index < -0.39 is 0 Å². The molecule has 2 aliphatic rings. The van der Waals surface area contributed by atoms with Crippen LogP contribution >= 0.6 is 15.9 Å². The van der Waals surface area contributed by atoms with Crippen LogP contribution in [0.25, 0.3) is 0 Å². The third kappa shape index (κ3) is 15.6. The van der Waals surface area contributed by atoms with Crippen molar-refractivity contribution in [3.8, 4) is 23.0 Å². The maximum atomic E-state index is 11.6. The van der Waals surface area contributed by atoms with Gasteiger partial charge in [-0.1, -0.05) is 12.1 Å². The minimum Gasteiger partial charge on any atom is -0.199 e. The summed E-state index contributed by atoms with van der Waals surface area (Å²) in [6.07, 6.45) is 7.91. The third-order valence-electron chi connectivity index (χ3n) is 10.3. The van der Waals surface area contributed by atoms with Gasteiger partial charge < -0.3 is 0 Å². The standard InChI is InChI=1S/C38H60O4S2.2C7H7.Ti/c1-35(2,3)27-19-25(33(39)29(21-27)41-37(7,8)9)23-43-31-17-15-13-14-16-18-32(31)44-24-26-20-28(36(4,5)6)22-30(34(26)40)42-38(10,11)12;2*1-7-5-3-2-4-6-7;/h19-22,31-32,39-40H,13-18,23-24H2,1-12H3;2*2-6H,1H2;/q;2*-1;/t31-,32?;;;/m0.../s1. The van der Waals surface area contributed by atoms with Crippen LogP contribution in [0.15, 0.2) is 84.9 Å². The van der Waals surface area contributed by atoms with E-state index in [-0.39, 0.29) is 53.4 Å². The van der Waals surface area contributed by atoms with Gasteiger partial charge in [0.05, 0.1) is 0 Å². The van der Waals surface area contributed by atoms with Gasteiger partial charge in [-0.3, -0.25) is 0 Å². The smallest absolute Gasteiger partial charge is 0.0866 e. The summed E-state index contributed by atoms with van der Waals surface area (Å²) in [5.41, 5.74) is 5.88. The van der Waals surface area contributed by atoms with Crippen molar-refractivity contribution in [2.24, 2.45) is 0 Å². The van der Waals surface area contributed by atoms with E-state index in [9.17, 15) is 10.2 Å². The van der Waals surface area contributed by atoms with Gasteiger partial charge in [-0.05, 0) is 0 Å². The van der Waals surface area contributed by atoms with Crippen LogP contribution in [-0.4, -0.2) is 31.9 Å². The van der Waals surface area contributed by atoms with E-state index in [2.05, 4.69) is 79.7 Å². The van der Waals surface area contributed by atoms with E-state index in [4.69, 9.17) is 9.47 Å². The van der Waals surface area contributed by atoms with Crippen molar-refractivity contribution in [3.63, 3.8) is 0 Å². The molecule has 0 aromatic heterocycles. The first-order valence-corrected chi connectivity index (χ1v) is 28.2. The number of phenols is 2. The zero-order valence-electron chi connectivity index (χ0n) is 38.3. The maximum Gasteiger partial charge on any atom is -0.0866 e. The monoisotopic (exact) mass is 874 g/mol. The Hall–Kier alpha value is -2.77. The second-order valence-electron chi connectivity index (χ2n) is 20.2. The molecule has 4 aromatic carbocycles. The average molecular weight is 875 g/mol. The number of benzene rings is 4. The molecular formula is C52H74O4S2Ti-2. The van der Waals surface area contributed by atoms with Gasteiger partial charge in [-0.25, -0.2) is 0 Å². The maximum absolute atomic E-state index is 11.6. The van der Waals surface area contributed by atoms with Crippen molar-refractivity contribution >= 4 is 15.9 Å². The normalized spacial score (nSPS) is 19.5. The van der Waals surface area contributed by atoms with Gasteiger partial charge in [-0.15, -0.1) is 24.3 Å². The number of rotatable bonds is 6. The number of hydrogen-bond donors (Lipinski definition) is 2. The molecule has 59 heavy (non-hydrogen) atoms. The fourth-order valence-corrected chi connectivity index (χ4v) is 28.0. The molecule has 0 saturated heterocycles. The molecule has 1 fully saturated rings. The Morgan fingerprint density at radius 2 is 0.881 bits per heavy atom. The molecule has 0 spiro atoms. The first-order valence-electron chi connectivity index (χ1n) is 21.4. The van der Waals surface area contributed by atoms with Crippen molar-refractivity contribution < 1.29 is 35.1 Å². The van der Waals surface area contributed by atoms with Crippen LogP contribution in [0.1, 0.15) is 155 Å². The van der Waals surface area contributed by atoms with Gasteiger partial charge in [0.1, 0.15) is 0 Å². The summed E-state index contributed by atoms with van der Waals surface area (Å²) >= 11 is -0.324. The summed E-state index contributed by atoms with van der Waals surface area (Å²) in [6, 6.07) is 28.4. The summed E-state index contributed by atoms with van der Waals surface area (Å²) in [5.74, 6) is 3.82. The van der Waals surface area contributed by atoms with Crippen LogP contribution in [-0.2, 0) is 37.8 Å². The molecule has 2 N–H and O–H groups in total. The predicted octanol–water partition coefficient (Wildman–Crippen LogP) is 15.0. The Labute approximate surface area is 369 Å². The number of fused-ring (bicyclic) bond motifs is 1. The number of ether oxygens (including phenoxy) is 2. The summed E-state index contributed by atoms with van der Waals surface area (Å²) < 4.78 is 12.7. The van der Waals surface area contributed by atoms with Gasteiger partial charge in [0.15, 0.2) is 0 Å². The van der Waals surface area contributed by atoms with Crippen molar-refractivity contribution in [1.82, 2.24) is 0 Å². The molecule has 1 saturated carbocycles. The second-order valence-corrected chi connectivity index (χ2v) is 31.6. The zero-order chi connectivity index (χ0) is 43.8. The Bertz CT molecular complexity index is 1900. The van der Waals surface area contributed by atoms with Crippen molar-refractivity contribution in [3.05, 3.63) is 132 Å². The van der Waals surface area contributed by atoms with E-state index in [1.165, 1.54) is 49.7 Å². The summed E-state index contributed by atoms with van der Waals surface area (Å²) in [4.78, 5) is 0. The molecule has 0 radical (unpaired) electrons. The van der Waals surface area contributed by atoms with Crippen LogP contribution in [0.5, 0.6) is 23.0 Å². The molecule has 7 heteroatoms. The fourth-order valence-electron chi connectivity index (χ4n) is 7.13. The number of phenolic OH excluding ortho intramolecular Hbond substituents is 2. The van der Waals surface area contributed by atoms with Crippen molar-refractivity contribution in [2.45, 2.75) is 166 Å². The van der Waals surface area contributed by atoms with E-state index in [0.29, 0.717) is 23.0 Å². The Balaban J connectivity index is 0.000000459. The fraction of sp³-hybridized carbons (Fsp3) is 0.500. The molecule has 4 aromatic rings. The molecular weight excluding hydrogens is 801 g/mol. The van der Waals surface area contributed by atoms with E-state index in [1.807, 2.05) is 102 Å². The average Bonchev–Trinajstić information content (AvgIpc) is 3.40. The molecule has 0 bridgehead atoms. The Kier molecular flexibility index (Phi) is 17.3. The van der Waals surface area contributed by atoms with Gasteiger partial charge in [0.2, 0.25) is 0 Å². The summed E-state index contributed by atoms with van der Waals surface area (Å²) in [6.45, 7) is 33.2. The van der Waals surface area contributed by atoms with E-state index in [1.54, 1.807) is 0 Å². The van der Waals surface area contributed by atoms with Crippen LogP contribution in [0.2, 0.25) is 0 Å². The molecule has 2 unspecified atom stereocenters.